The second-order valence-electron chi connectivity index (χ2n) is 4.41. The highest BCUT2D eigenvalue weighted by Gasteiger charge is 2.28. The Morgan fingerprint density at radius 1 is 1.35 bits per heavy atom. The van der Waals surface area contributed by atoms with Gasteiger partial charge in [0.25, 0.3) is 0 Å². The van der Waals surface area contributed by atoms with Crippen molar-refractivity contribution in [3.05, 3.63) is 28.5 Å². The molecule has 0 atom stereocenters. The van der Waals surface area contributed by atoms with E-state index >= 15 is 0 Å². The van der Waals surface area contributed by atoms with E-state index in [0.29, 0.717) is 6.04 Å². The van der Waals surface area contributed by atoms with Gasteiger partial charge >= 0.3 is 0 Å². The minimum Gasteiger partial charge on any atom is -0.398 e. The number of nitrogen functional groups attached to an aromatic ring is 1. The molecular weight excluding hydrogens is 280 g/mol. The van der Waals surface area contributed by atoms with Gasteiger partial charge in [0, 0.05) is 21.8 Å². The number of benzene rings is 1. The molecule has 2 aromatic rings. The summed E-state index contributed by atoms with van der Waals surface area (Å²) in [6.07, 6.45) is 2.44. The Morgan fingerprint density at radius 3 is 2.76 bits per heavy atom. The van der Waals surface area contributed by atoms with Gasteiger partial charge in [-0.2, -0.15) is 0 Å². The van der Waals surface area contributed by atoms with Crippen molar-refractivity contribution in [2.75, 3.05) is 5.73 Å². The van der Waals surface area contributed by atoms with Crippen LogP contribution in [0, 0.1) is 6.92 Å². The van der Waals surface area contributed by atoms with Gasteiger partial charge in [0.1, 0.15) is 5.82 Å². The van der Waals surface area contributed by atoms with E-state index in [4.69, 9.17) is 5.73 Å². The number of hydrogen-bond acceptors (Lipinski definition) is 3. The van der Waals surface area contributed by atoms with Crippen LogP contribution in [0.5, 0.6) is 0 Å². The number of aryl methyl sites for hydroxylation is 1. The van der Waals surface area contributed by atoms with Gasteiger partial charge < -0.3 is 10.3 Å². The third-order valence-corrected chi connectivity index (χ3v) is 3.75. The summed E-state index contributed by atoms with van der Waals surface area (Å²) in [6, 6.07) is 6.48. The predicted octanol–water partition coefficient (Wildman–Crippen LogP) is 2.93. The largest absolute Gasteiger partial charge is 0.398 e. The van der Waals surface area contributed by atoms with Crippen LogP contribution in [0.25, 0.3) is 11.4 Å². The zero-order valence-electron chi connectivity index (χ0n) is 9.52. The molecule has 0 bridgehead atoms. The quantitative estimate of drug-likeness (QED) is 0.866. The molecule has 88 valence electrons. The average Bonchev–Trinajstić information content (AvgIpc) is 3.06. The zero-order chi connectivity index (χ0) is 12.0. The number of rotatable bonds is 2. The second kappa shape index (κ2) is 3.84. The third-order valence-electron chi connectivity index (χ3n) is 3.03. The van der Waals surface area contributed by atoms with Gasteiger partial charge in [-0.05, 0) is 53.9 Å². The lowest BCUT2D eigenvalue weighted by molar-refractivity contribution is 0.717. The normalized spacial score (nSPS) is 15.2. The first-order valence-corrected chi connectivity index (χ1v) is 6.43. The number of nitrogens with two attached hydrogens (primary N) is 1. The molecule has 5 heteroatoms. The maximum atomic E-state index is 5.90. The van der Waals surface area contributed by atoms with Crippen LogP contribution in [0.1, 0.15) is 24.7 Å². The van der Waals surface area contributed by atoms with E-state index in [-0.39, 0.29) is 0 Å². The van der Waals surface area contributed by atoms with Crippen LogP contribution in [0.4, 0.5) is 5.69 Å². The molecule has 1 heterocycles. The first kappa shape index (κ1) is 10.8. The lowest BCUT2D eigenvalue weighted by atomic mass is 10.2. The molecule has 0 radical (unpaired) electrons. The molecule has 0 spiro atoms. The van der Waals surface area contributed by atoms with E-state index in [0.717, 1.165) is 27.4 Å². The van der Waals surface area contributed by atoms with Gasteiger partial charge in [-0.3, -0.25) is 0 Å². The standard InChI is InChI=1S/C12H13BrN4/c1-7-15-16-12(17(7)9-3-4-9)8-2-5-10(13)11(14)6-8/h2,5-6,9H,3-4,14H2,1H3. The van der Waals surface area contributed by atoms with Gasteiger partial charge in [-0.15, -0.1) is 10.2 Å². The molecule has 1 aromatic heterocycles. The third kappa shape index (κ3) is 1.84. The molecule has 1 aromatic carbocycles. The summed E-state index contributed by atoms with van der Waals surface area (Å²) in [6.45, 7) is 2.00. The topological polar surface area (TPSA) is 56.7 Å². The summed E-state index contributed by atoms with van der Waals surface area (Å²) in [5.41, 5.74) is 7.66. The number of aromatic nitrogens is 3. The van der Waals surface area contributed by atoms with Crippen molar-refractivity contribution in [2.45, 2.75) is 25.8 Å². The molecule has 17 heavy (non-hydrogen) atoms. The zero-order valence-corrected chi connectivity index (χ0v) is 11.1. The maximum absolute atomic E-state index is 5.90. The summed E-state index contributed by atoms with van der Waals surface area (Å²) in [5.74, 6) is 1.90. The van der Waals surface area contributed by atoms with Crippen molar-refractivity contribution in [2.24, 2.45) is 0 Å². The number of halogens is 1. The van der Waals surface area contributed by atoms with Crippen LogP contribution in [0.15, 0.2) is 22.7 Å². The van der Waals surface area contributed by atoms with Crippen LogP contribution >= 0.6 is 15.9 Å². The predicted molar refractivity (Wildman–Crippen MR) is 70.6 cm³/mol. The Morgan fingerprint density at radius 2 is 2.12 bits per heavy atom. The Bertz CT molecular complexity index is 572. The highest BCUT2D eigenvalue weighted by Crippen LogP contribution is 2.39. The first-order valence-electron chi connectivity index (χ1n) is 5.63. The van der Waals surface area contributed by atoms with E-state index < -0.39 is 0 Å². The maximum Gasteiger partial charge on any atom is 0.164 e. The average molecular weight is 293 g/mol. The van der Waals surface area contributed by atoms with Crippen molar-refractivity contribution in [3.63, 3.8) is 0 Å². The Balaban J connectivity index is 2.11. The number of anilines is 1. The molecule has 3 rings (SSSR count). The molecule has 0 unspecified atom stereocenters. The van der Waals surface area contributed by atoms with Crippen LogP contribution in [0.2, 0.25) is 0 Å². The Labute approximate surface area is 108 Å². The summed E-state index contributed by atoms with van der Waals surface area (Å²) < 4.78 is 3.12. The van der Waals surface area contributed by atoms with Crippen molar-refractivity contribution in [1.82, 2.24) is 14.8 Å². The van der Waals surface area contributed by atoms with Crippen molar-refractivity contribution < 1.29 is 0 Å². The summed E-state index contributed by atoms with van der Waals surface area (Å²) in [5, 5.41) is 8.43. The molecule has 1 fully saturated rings. The molecule has 1 aliphatic rings. The van der Waals surface area contributed by atoms with E-state index in [1.165, 1.54) is 12.8 Å². The minimum absolute atomic E-state index is 0.574. The first-order chi connectivity index (χ1) is 8.16. The fourth-order valence-corrected chi connectivity index (χ4v) is 2.27. The Kier molecular flexibility index (Phi) is 2.43. The van der Waals surface area contributed by atoms with Crippen LogP contribution in [0.3, 0.4) is 0 Å². The van der Waals surface area contributed by atoms with Gasteiger partial charge in [0.05, 0.1) is 0 Å². The van der Waals surface area contributed by atoms with Crippen molar-refractivity contribution in [1.29, 1.82) is 0 Å². The smallest absolute Gasteiger partial charge is 0.164 e. The van der Waals surface area contributed by atoms with E-state index in [1.807, 2.05) is 25.1 Å². The van der Waals surface area contributed by atoms with E-state index in [1.54, 1.807) is 0 Å². The highest BCUT2D eigenvalue weighted by molar-refractivity contribution is 9.10. The molecule has 0 saturated heterocycles. The van der Waals surface area contributed by atoms with Crippen LogP contribution in [-0.4, -0.2) is 14.8 Å². The van der Waals surface area contributed by atoms with Gasteiger partial charge in [-0.1, -0.05) is 0 Å². The highest BCUT2D eigenvalue weighted by atomic mass is 79.9. The van der Waals surface area contributed by atoms with Crippen LogP contribution < -0.4 is 5.73 Å². The number of hydrogen-bond donors (Lipinski definition) is 1. The van der Waals surface area contributed by atoms with Crippen LogP contribution in [-0.2, 0) is 0 Å². The molecule has 1 saturated carbocycles. The number of nitrogens with zero attached hydrogens (tertiary/aromatic N) is 3. The van der Waals surface area contributed by atoms with Crippen molar-refractivity contribution >= 4 is 21.6 Å². The molecule has 1 aliphatic carbocycles. The molecule has 2 N–H and O–H groups in total. The van der Waals surface area contributed by atoms with E-state index in [2.05, 4.69) is 30.7 Å². The summed E-state index contributed by atoms with van der Waals surface area (Å²) >= 11 is 3.40. The van der Waals surface area contributed by atoms with Gasteiger partial charge in [0.2, 0.25) is 0 Å². The lowest BCUT2D eigenvalue weighted by Crippen LogP contribution is -2.00. The second-order valence-corrected chi connectivity index (χ2v) is 5.26. The minimum atomic E-state index is 0.574. The molecule has 4 nitrogen and oxygen atoms in total. The summed E-state index contributed by atoms with van der Waals surface area (Å²) in [4.78, 5) is 0. The fourth-order valence-electron chi connectivity index (χ4n) is 2.02. The monoisotopic (exact) mass is 292 g/mol. The van der Waals surface area contributed by atoms with Gasteiger partial charge in [-0.25, -0.2) is 0 Å². The molecule has 0 amide bonds. The molecule has 0 aliphatic heterocycles. The fraction of sp³-hybridized carbons (Fsp3) is 0.333. The van der Waals surface area contributed by atoms with E-state index in [9.17, 15) is 0 Å². The summed E-state index contributed by atoms with van der Waals surface area (Å²) in [7, 11) is 0. The Hall–Kier alpha value is -1.36. The lowest BCUT2D eigenvalue weighted by Gasteiger charge is -2.08. The SMILES string of the molecule is Cc1nnc(-c2ccc(Br)c(N)c2)n1C1CC1. The van der Waals surface area contributed by atoms with Crippen molar-refractivity contribution in [3.8, 4) is 11.4 Å². The van der Waals surface area contributed by atoms with Gasteiger partial charge in [0.15, 0.2) is 5.82 Å². The molecular formula is C12H13BrN4.